The van der Waals surface area contributed by atoms with E-state index in [4.69, 9.17) is 5.73 Å². The van der Waals surface area contributed by atoms with Crippen molar-refractivity contribution < 1.29 is 18.0 Å². The topological polar surface area (TPSA) is 101 Å². The Kier molecular flexibility index (Phi) is 5.10. The van der Waals surface area contributed by atoms with Gasteiger partial charge in [-0.25, -0.2) is 8.42 Å². The molecule has 0 aliphatic carbocycles. The second-order valence-electron chi connectivity index (χ2n) is 6.55. The van der Waals surface area contributed by atoms with Crippen molar-refractivity contribution >= 4 is 21.8 Å². The standard InChI is InChI=1S/C17H23N3O4S/c18-16(21)13-6-8-14(9-7-13)25(23,24)20-12-2-1-5-15(20)17(22)19-10-3-4-11-19/h6-9,15H,1-5,10-12H2,(H2,18,21)/t15-/m1/s1. The van der Waals surface area contributed by atoms with E-state index in [1.54, 1.807) is 4.90 Å². The molecule has 2 fully saturated rings. The molecule has 2 heterocycles. The minimum atomic E-state index is -3.79. The molecule has 0 saturated carbocycles. The quantitative estimate of drug-likeness (QED) is 0.858. The highest BCUT2D eigenvalue weighted by Crippen LogP contribution is 2.27. The average molecular weight is 365 g/mol. The smallest absolute Gasteiger partial charge is 0.248 e. The summed E-state index contributed by atoms with van der Waals surface area (Å²) in [5.74, 6) is -0.696. The molecule has 1 aromatic carbocycles. The van der Waals surface area contributed by atoms with Crippen molar-refractivity contribution in [3.8, 4) is 0 Å². The predicted octanol–water partition coefficient (Wildman–Crippen LogP) is 0.951. The summed E-state index contributed by atoms with van der Waals surface area (Å²) in [6, 6.07) is 4.92. The minimum Gasteiger partial charge on any atom is -0.366 e. The van der Waals surface area contributed by atoms with Gasteiger partial charge >= 0.3 is 0 Å². The molecule has 0 spiro atoms. The van der Waals surface area contributed by atoms with Crippen LogP contribution in [0.3, 0.4) is 0 Å². The highest BCUT2D eigenvalue weighted by molar-refractivity contribution is 7.89. The predicted molar refractivity (Wildman–Crippen MR) is 92.3 cm³/mol. The molecule has 2 saturated heterocycles. The number of benzene rings is 1. The Morgan fingerprint density at radius 2 is 1.56 bits per heavy atom. The Morgan fingerprint density at radius 3 is 2.16 bits per heavy atom. The van der Waals surface area contributed by atoms with Gasteiger partial charge in [0.2, 0.25) is 21.8 Å². The number of rotatable bonds is 4. The summed E-state index contributed by atoms with van der Waals surface area (Å²) in [6.45, 7) is 1.75. The molecule has 1 aromatic rings. The lowest BCUT2D eigenvalue weighted by molar-refractivity contribution is -0.135. The van der Waals surface area contributed by atoms with Crippen molar-refractivity contribution in [2.75, 3.05) is 19.6 Å². The fourth-order valence-corrected chi connectivity index (χ4v) is 5.17. The lowest BCUT2D eigenvalue weighted by atomic mass is 10.0. The van der Waals surface area contributed by atoms with E-state index >= 15 is 0 Å². The zero-order valence-electron chi connectivity index (χ0n) is 14.1. The van der Waals surface area contributed by atoms with Crippen molar-refractivity contribution in [1.29, 1.82) is 0 Å². The molecule has 7 nitrogen and oxygen atoms in total. The van der Waals surface area contributed by atoms with E-state index in [1.807, 2.05) is 0 Å². The van der Waals surface area contributed by atoms with Crippen LogP contribution in [0.5, 0.6) is 0 Å². The molecule has 2 N–H and O–H groups in total. The molecule has 25 heavy (non-hydrogen) atoms. The van der Waals surface area contributed by atoms with Gasteiger partial charge < -0.3 is 10.6 Å². The van der Waals surface area contributed by atoms with Crippen LogP contribution in [0.15, 0.2) is 29.2 Å². The first-order chi connectivity index (χ1) is 11.9. The molecule has 0 radical (unpaired) electrons. The number of likely N-dealkylation sites (tertiary alicyclic amines) is 1. The van der Waals surface area contributed by atoms with Gasteiger partial charge in [0, 0.05) is 25.2 Å². The lowest BCUT2D eigenvalue weighted by Crippen LogP contribution is -2.52. The van der Waals surface area contributed by atoms with Crippen molar-refractivity contribution in [2.45, 2.75) is 43.0 Å². The van der Waals surface area contributed by atoms with E-state index in [0.717, 1.165) is 25.7 Å². The van der Waals surface area contributed by atoms with Crippen LogP contribution in [0, 0.1) is 0 Å². The summed E-state index contributed by atoms with van der Waals surface area (Å²) in [7, 11) is -3.79. The number of carbonyl (C=O) groups is 2. The minimum absolute atomic E-state index is 0.0821. The summed E-state index contributed by atoms with van der Waals surface area (Å²) in [6.07, 6.45) is 4.08. The number of sulfonamides is 1. The first-order valence-electron chi connectivity index (χ1n) is 8.62. The van der Waals surface area contributed by atoms with Crippen LogP contribution in [0.2, 0.25) is 0 Å². The van der Waals surface area contributed by atoms with Crippen LogP contribution in [0.4, 0.5) is 0 Å². The van der Waals surface area contributed by atoms with E-state index in [9.17, 15) is 18.0 Å². The van der Waals surface area contributed by atoms with Crippen molar-refractivity contribution in [3.05, 3.63) is 29.8 Å². The van der Waals surface area contributed by atoms with Gasteiger partial charge in [-0.15, -0.1) is 0 Å². The molecule has 136 valence electrons. The summed E-state index contributed by atoms with van der Waals surface area (Å²) in [4.78, 5) is 25.8. The number of carbonyl (C=O) groups excluding carboxylic acids is 2. The summed E-state index contributed by atoms with van der Waals surface area (Å²) < 4.78 is 27.4. The highest BCUT2D eigenvalue weighted by atomic mass is 32.2. The third kappa shape index (κ3) is 3.55. The Bertz CT molecular complexity index is 755. The molecule has 1 atom stereocenters. The second-order valence-corrected chi connectivity index (χ2v) is 8.44. The molecule has 2 amide bonds. The molecule has 2 aliphatic heterocycles. The molecule has 0 unspecified atom stereocenters. The highest BCUT2D eigenvalue weighted by Gasteiger charge is 2.39. The van der Waals surface area contributed by atoms with Gasteiger partial charge in [-0.05, 0) is 49.9 Å². The van der Waals surface area contributed by atoms with Crippen LogP contribution >= 0.6 is 0 Å². The van der Waals surface area contributed by atoms with Crippen LogP contribution in [0.1, 0.15) is 42.5 Å². The van der Waals surface area contributed by atoms with Gasteiger partial charge in [0.25, 0.3) is 0 Å². The van der Waals surface area contributed by atoms with Crippen molar-refractivity contribution in [1.82, 2.24) is 9.21 Å². The van der Waals surface area contributed by atoms with Gasteiger partial charge in [0.15, 0.2) is 0 Å². The van der Waals surface area contributed by atoms with E-state index in [0.29, 0.717) is 26.1 Å². The molecule has 0 bridgehead atoms. The van der Waals surface area contributed by atoms with Crippen LogP contribution in [-0.4, -0.2) is 55.1 Å². The van der Waals surface area contributed by atoms with Crippen LogP contribution in [0.25, 0.3) is 0 Å². The zero-order chi connectivity index (χ0) is 18.0. The monoisotopic (exact) mass is 365 g/mol. The molecule has 2 aliphatic rings. The maximum Gasteiger partial charge on any atom is 0.248 e. The molecule has 8 heteroatoms. The van der Waals surface area contributed by atoms with E-state index in [1.165, 1.54) is 28.6 Å². The fourth-order valence-electron chi connectivity index (χ4n) is 3.51. The average Bonchev–Trinajstić information content (AvgIpc) is 3.16. The SMILES string of the molecule is NC(=O)c1ccc(S(=O)(=O)N2CCCC[C@@H]2C(=O)N2CCCC2)cc1. The number of nitrogens with zero attached hydrogens (tertiary/aromatic N) is 2. The first-order valence-corrected chi connectivity index (χ1v) is 10.1. The molecule has 0 aromatic heterocycles. The Balaban J connectivity index is 1.87. The Hall–Kier alpha value is -1.93. The second kappa shape index (κ2) is 7.13. The largest absolute Gasteiger partial charge is 0.366 e. The van der Waals surface area contributed by atoms with Gasteiger partial charge in [-0.3, -0.25) is 9.59 Å². The maximum absolute atomic E-state index is 13.0. The van der Waals surface area contributed by atoms with Crippen molar-refractivity contribution in [3.63, 3.8) is 0 Å². The summed E-state index contributed by atoms with van der Waals surface area (Å²) in [5, 5.41) is 0. The van der Waals surface area contributed by atoms with Gasteiger partial charge in [-0.2, -0.15) is 4.31 Å². The number of hydrogen-bond acceptors (Lipinski definition) is 4. The number of primary amides is 1. The number of nitrogens with two attached hydrogens (primary N) is 1. The lowest BCUT2D eigenvalue weighted by Gasteiger charge is -2.35. The third-order valence-electron chi connectivity index (χ3n) is 4.90. The number of hydrogen-bond donors (Lipinski definition) is 1. The normalized spacial score (nSPS) is 22.1. The first kappa shape index (κ1) is 17.9. The maximum atomic E-state index is 13.0. The molecular formula is C17H23N3O4S. The Morgan fingerprint density at radius 1 is 0.960 bits per heavy atom. The number of amides is 2. The fraction of sp³-hybridized carbons (Fsp3) is 0.529. The summed E-state index contributed by atoms with van der Waals surface area (Å²) >= 11 is 0. The van der Waals surface area contributed by atoms with Crippen LogP contribution in [-0.2, 0) is 14.8 Å². The third-order valence-corrected chi connectivity index (χ3v) is 6.82. The van der Waals surface area contributed by atoms with Crippen molar-refractivity contribution in [2.24, 2.45) is 5.73 Å². The van der Waals surface area contributed by atoms with Gasteiger partial charge in [0.05, 0.1) is 4.90 Å². The Labute approximate surface area is 147 Å². The number of piperidine rings is 1. The van der Waals surface area contributed by atoms with E-state index in [-0.39, 0.29) is 16.4 Å². The summed E-state index contributed by atoms with van der Waals surface area (Å²) in [5.41, 5.74) is 5.45. The van der Waals surface area contributed by atoms with Gasteiger partial charge in [-0.1, -0.05) is 6.42 Å². The van der Waals surface area contributed by atoms with E-state index < -0.39 is 22.0 Å². The molecule has 3 rings (SSSR count). The van der Waals surface area contributed by atoms with E-state index in [2.05, 4.69) is 0 Å². The molecular weight excluding hydrogens is 342 g/mol. The van der Waals surface area contributed by atoms with Crippen LogP contribution < -0.4 is 5.73 Å². The van der Waals surface area contributed by atoms with Gasteiger partial charge in [0.1, 0.15) is 6.04 Å². The zero-order valence-corrected chi connectivity index (χ0v) is 14.9.